The van der Waals surface area contributed by atoms with Crippen molar-refractivity contribution in [2.45, 2.75) is 4.90 Å². The minimum absolute atomic E-state index is 0.867. The monoisotopic (exact) mass is 256 g/mol. The highest BCUT2D eigenvalue weighted by Gasteiger charge is 2.04. The molecule has 0 saturated carbocycles. The van der Waals surface area contributed by atoms with Crippen LogP contribution in [0.5, 0.6) is 0 Å². The van der Waals surface area contributed by atoms with Crippen molar-refractivity contribution in [3.8, 4) is 0 Å². The Morgan fingerprint density at radius 3 is 2.71 bits per heavy atom. The first kappa shape index (κ1) is 12.1. The van der Waals surface area contributed by atoms with Crippen LogP contribution in [0.15, 0.2) is 82.7 Å². The van der Waals surface area contributed by atoms with Gasteiger partial charge in [-0.3, -0.25) is 0 Å². The van der Waals surface area contributed by atoms with Gasteiger partial charge in [0.25, 0.3) is 0 Å². The van der Waals surface area contributed by atoms with Crippen molar-refractivity contribution in [3.05, 3.63) is 82.3 Å². The molecule has 0 saturated heterocycles. The topological polar surface area (TPSA) is 0 Å². The predicted octanol–water partition coefficient (Wildman–Crippen LogP) is 5.07. The standard InChI is InChI=1S/C15H12S2/c1-12-8-4-2-6-10-14(12)17-15-11-7-3-5-9-13(15)16/h2-11H,1H2. The number of rotatable bonds is 2. The third-order valence-electron chi connectivity index (χ3n) is 2.26. The van der Waals surface area contributed by atoms with Gasteiger partial charge in [0.1, 0.15) is 0 Å². The summed E-state index contributed by atoms with van der Waals surface area (Å²) in [4.78, 5) is 2.22. The summed E-state index contributed by atoms with van der Waals surface area (Å²) in [6.07, 6.45) is 10.1. The van der Waals surface area contributed by atoms with Crippen molar-refractivity contribution < 1.29 is 0 Å². The molecule has 0 aliphatic heterocycles. The van der Waals surface area contributed by atoms with Gasteiger partial charge in [-0.2, -0.15) is 0 Å². The van der Waals surface area contributed by atoms with Crippen LogP contribution in [0.2, 0.25) is 0 Å². The van der Waals surface area contributed by atoms with Crippen LogP contribution in [0.3, 0.4) is 0 Å². The van der Waals surface area contributed by atoms with Crippen molar-refractivity contribution in [3.63, 3.8) is 0 Å². The largest absolute Gasteiger partial charge is 0.0906 e. The fraction of sp³-hybridized carbons (Fsp3) is 0. The van der Waals surface area contributed by atoms with Gasteiger partial charge < -0.3 is 0 Å². The molecule has 0 aromatic heterocycles. The molecule has 2 rings (SSSR count). The van der Waals surface area contributed by atoms with E-state index in [-0.39, 0.29) is 0 Å². The minimum Gasteiger partial charge on any atom is -0.0906 e. The lowest BCUT2D eigenvalue weighted by Gasteiger charge is -2.04. The number of allylic oxidation sites excluding steroid dienone is 6. The molecule has 1 aliphatic rings. The van der Waals surface area contributed by atoms with E-state index < -0.39 is 0 Å². The van der Waals surface area contributed by atoms with Crippen LogP contribution in [0.1, 0.15) is 0 Å². The first-order valence-electron chi connectivity index (χ1n) is 5.29. The Hall–Kier alpha value is -1.38. The summed E-state index contributed by atoms with van der Waals surface area (Å²) in [5, 5.41) is 0. The lowest BCUT2D eigenvalue weighted by molar-refractivity contribution is 1.49. The van der Waals surface area contributed by atoms with Gasteiger partial charge in [-0.15, -0.1) is 0 Å². The fourth-order valence-electron chi connectivity index (χ4n) is 1.38. The molecule has 0 nitrogen and oxygen atoms in total. The maximum absolute atomic E-state index is 5.35. The Kier molecular flexibility index (Phi) is 4.13. The fourth-order valence-corrected chi connectivity index (χ4v) is 2.55. The summed E-state index contributed by atoms with van der Waals surface area (Å²) in [5.41, 5.74) is 1.01. The van der Waals surface area contributed by atoms with Gasteiger partial charge in [0.2, 0.25) is 0 Å². The van der Waals surface area contributed by atoms with E-state index in [0.717, 1.165) is 19.9 Å². The molecular formula is C15H12S2. The second-order valence-electron chi connectivity index (χ2n) is 3.54. The highest BCUT2D eigenvalue weighted by atomic mass is 32.2. The molecule has 0 unspecified atom stereocenters. The van der Waals surface area contributed by atoms with Crippen LogP contribution in [0, 0.1) is 4.51 Å². The second kappa shape index (κ2) is 5.80. The molecule has 1 aromatic rings. The van der Waals surface area contributed by atoms with Gasteiger partial charge in [0.05, 0.1) is 4.51 Å². The van der Waals surface area contributed by atoms with Gasteiger partial charge >= 0.3 is 0 Å². The quantitative estimate of drug-likeness (QED) is 0.677. The molecule has 1 aliphatic carbocycles. The Balaban J connectivity index is 2.34. The first-order valence-corrected chi connectivity index (χ1v) is 6.51. The van der Waals surface area contributed by atoms with E-state index in [1.54, 1.807) is 11.8 Å². The van der Waals surface area contributed by atoms with E-state index in [4.69, 9.17) is 12.2 Å². The van der Waals surface area contributed by atoms with E-state index in [1.807, 2.05) is 54.6 Å². The summed E-state index contributed by atoms with van der Waals surface area (Å²) >= 11 is 7.01. The maximum Gasteiger partial charge on any atom is 0.0516 e. The van der Waals surface area contributed by atoms with E-state index in [9.17, 15) is 0 Å². The number of hydrogen-bond acceptors (Lipinski definition) is 2. The molecule has 17 heavy (non-hydrogen) atoms. The Morgan fingerprint density at radius 1 is 1.00 bits per heavy atom. The zero-order valence-corrected chi connectivity index (χ0v) is 10.9. The van der Waals surface area contributed by atoms with E-state index in [2.05, 4.69) is 12.7 Å². The molecule has 0 radical (unpaired) electrons. The molecule has 0 fully saturated rings. The van der Waals surface area contributed by atoms with Crippen molar-refractivity contribution in [2.75, 3.05) is 0 Å². The summed E-state index contributed by atoms with van der Waals surface area (Å²) in [7, 11) is 0. The molecule has 0 spiro atoms. The Labute approximate surface area is 111 Å². The normalized spacial score (nSPS) is 14.4. The van der Waals surface area contributed by atoms with Crippen LogP contribution in [-0.2, 0) is 0 Å². The Bertz CT molecular complexity index is 577. The lowest BCUT2D eigenvalue weighted by atomic mass is 10.3. The van der Waals surface area contributed by atoms with E-state index in [1.165, 1.54) is 0 Å². The van der Waals surface area contributed by atoms with Crippen molar-refractivity contribution in [1.82, 2.24) is 0 Å². The highest BCUT2D eigenvalue weighted by molar-refractivity contribution is 8.03. The maximum atomic E-state index is 5.35. The first-order chi connectivity index (χ1) is 8.27. The molecule has 1 aromatic carbocycles. The minimum atomic E-state index is 0.867. The van der Waals surface area contributed by atoms with Crippen LogP contribution < -0.4 is 0 Å². The average molecular weight is 256 g/mol. The van der Waals surface area contributed by atoms with Crippen molar-refractivity contribution in [1.29, 1.82) is 0 Å². The number of hydrogen-bond donors (Lipinski definition) is 0. The molecule has 0 bridgehead atoms. The number of thioether (sulfide) groups is 1. The Morgan fingerprint density at radius 2 is 1.82 bits per heavy atom. The second-order valence-corrected chi connectivity index (χ2v) is 5.07. The summed E-state index contributed by atoms with van der Waals surface area (Å²) in [6.45, 7) is 4.05. The summed E-state index contributed by atoms with van der Waals surface area (Å²) in [6, 6.07) is 9.94. The molecule has 0 heterocycles. The molecule has 0 amide bonds. The van der Waals surface area contributed by atoms with Crippen LogP contribution in [0.4, 0.5) is 0 Å². The average Bonchev–Trinajstić information content (AvgIpc) is 2.63. The van der Waals surface area contributed by atoms with Gasteiger partial charge in [-0.25, -0.2) is 0 Å². The van der Waals surface area contributed by atoms with Gasteiger partial charge in [-0.05, 0) is 23.8 Å². The van der Waals surface area contributed by atoms with E-state index in [0.29, 0.717) is 0 Å². The molecule has 2 heteroatoms. The molecular weight excluding hydrogens is 244 g/mol. The van der Waals surface area contributed by atoms with Gasteiger partial charge in [-0.1, -0.05) is 73.1 Å². The van der Waals surface area contributed by atoms with Crippen molar-refractivity contribution >= 4 is 24.0 Å². The van der Waals surface area contributed by atoms with Crippen molar-refractivity contribution in [2.24, 2.45) is 0 Å². The molecule has 0 N–H and O–H groups in total. The lowest BCUT2D eigenvalue weighted by Crippen LogP contribution is -1.79. The van der Waals surface area contributed by atoms with Crippen LogP contribution >= 0.6 is 24.0 Å². The van der Waals surface area contributed by atoms with Gasteiger partial charge in [0, 0.05) is 9.80 Å². The predicted molar refractivity (Wildman–Crippen MR) is 78.6 cm³/mol. The van der Waals surface area contributed by atoms with Crippen LogP contribution in [-0.4, -0.2) is 0 Å². The molecule has 0 atom stereocenters. The third-order valence-corrected chi connectivity index (χ3v) is 3.94. The highest BCUT2D eigenvalue weighted by Crippen LogP contribution is 2.32. The van der Waals surface area contributed by atoms with Gasteiger partial charge in [0.15, 0.2) is 0 Å². The summed E-state index contributed by atoms with van der Waals surface area (Å²) < 4.78 is 0.867. The molecule has 84 valence electrons. The summed E-state index contributed by atoms with van der Waals surface area (Å²) in [5.74, 6) is 0. The van der Waals surface area contributed by atoms with Crippen LogP contribution in [0.25, 0.3) is 0 Å². The zero-order valence-electron chi connectivity index (χ0n) is 9.30. The SMILES string of the molecule is C=C1C=CC=CC=C1Sc1cccccc1=S. The zero-order chi connectivity index (χ0) is 12.1. The van der Waals surface area contributed by atoms with E-state index >= 15 is 0 Å². The third kappa shape index (κ3) is 3.29. The smallest absolute Gasteiger partial charge is 0.0516 e.